The third-order valence-corrected chi connectivity index (χ3v) is 3.67. The van der Waals surface area contributed by atoms with Gasteiger partial charge in [0.15, 0.2) is 0 Å². The smallest absolute Gasteiger partial charge is 0.230 e. The molecule has 16 heavy (non-hydrogen) atoms. The largest absolute Gasteiger partial charge is 0.312 e. The summed E-state index contributed by atoms with van der Waals surface area (Å²) >= 11 is 0. The molecule has 0 N–H and O–H groups in total. The molecule has 1 amide bonds. The van der Waals surface area contributed by atoms with Gasteiger partial charge >= 0.3 is 0 Å². The molecule has 1 aliphatic heterocycles. The number of fused-ring (bicyclic) bond motifs is 1. The van der Waals surface area contributed by atoms with Gasteiger partial charge in [-0.3, -0.25) is 4.79 Å². The fourth-order valence-corrected chi connectivity index (χ4v) is 2.77. The topological polar surface area (TPSA) is 44.1 Å². The summed E-state index contributed by atoms with van der Waals surface area (Å²) < 4.78 is 0. The molecule has 1 saturated carbocycles. The number of carbonyl (C=O) groups is 1. The molecule has 3 rings (SSSR count). The molecule has 1 aromatic carbocycles. The lowest BCUT2D eigenvalue weighted by Gasteiger charge is -2.19. The van der Waals surface area contributed by atoms with Crippen LogP contribution >= 0.6 is 0 Å². The molecule has 80 valence electrons. The summed E-state index contributed by atoms with van der Waals surface area (Å²) in [5.74, 6) is 1.08. The quantitative estimate of drug-likeness (QED) is 0.750. The van der Waals surface area contributed by atoms with Gasteiger partial charge in [-0.05, 0) is 24.0 Å². The van der Waals surface area contributed by atoms with Gasteiger partial charge in [-0.2, -0.15) is 5.26 Å². The van der Waals surface area contributed by atoms with Crippen LogP contribution in [0.25, 0.3) is 0 Å². The number of benzene rings is 1. The van der Waals surface area contributed by atoms with Crippen molar-refractivity contribution in [2.45, 2.75) is 6.42 Å². The Labute approximate surface area is 94.3 Å². The fourth-order valence-electron chi connectivity index (χ4n) is 2.77. The minimum Gasteiger partial charge on any atom is -0.312 e. The zero-order valence-corrected chi connectivity index (χ0v) is 8.84. The van der Waals surface area contributed by atoms with Crippen LogP contribution in [0.3, 0.4) is 0 Å². The molecule has 3 atom stereocenters. The summed E-state index contributed by atoms with van der Waals surface area (Å²) in [6.45, 7) is 0.792. The second-order valence-corrected chi connectivity index (χ2v) is 4.50. The maximum Gasteiger partial charge on any atom is 0.230 e. The van der Waals surface area contributed by atoms with E-state index in [0.29, 0.717) is 18.3 Å². The number of hydrogen-bond acceptors (Lipinski definition) is 2. The summed E-state index contributed by atoms with van der Waals surface area (Å²) in [6, 6.07) is 11.9. The van der Waals surface area contributed by atoms with Crippen molar-refractivity contribution >= 4 is 11.6 Å². The van der Waals surface area contributed by atoms with Crippen molar-refractivity contribution in [3.63, 3.8) is 0 Å². The monoisotopic (exact) mass is 212 g/mol. The summed E-state index contributed by atoms with van der Waals surface area (Å²) in [5.41, 5.74) is 0.982. The van der Waals surface area contributed by atoms with E-state index >= 15 is 0 Å². The highest BCUT2D eigenvalue weighted by Crippen LogP contribution is 2.54. The van der Waals surface area contributed by atoms with Crippen LogP contribution in [0.4, 0.5) is 5.69 Å². The summed E-state index contributed by atoms with van der Waals surface area (Å²) in [4.78, 5) is 13.9. The van der Waals surface area contributed by atoms with Crippen molar-refractivity contribution in [2.24, 2.45) is 17.8 Å². The molecular formula is C13H12N2O. The molecule has 0 radical (unpaired) electrons. The number of piperidine rings is 1. The van der Waals surface area contributed by atoms with Crippen molar-refractivity contribution < 1.29 is 4.79 Å². The van der Waals surface area contributed by atoms with Gasteiger partial charge in [0, 0.05) is 24.6 Å². The Morgan fingerprint density at radius 2 is 2.12 bits per heavy atom. The maximum absolute atomic E-state index is 12.0. The van der Waals surface area contributed by atoms with Crippen LogP contribution in [0, 0.1) is 29.1 Å². The third kappa shape index (κ3) is 1.23. The number of nitrogens with zero attached hydrogens (tertiary/aromatic N) is 2. The summed E-state index contributed by atoms with van der Waals surface area (Å²) in [5, 5.41) is 8.63. The van der Waals surface area contributed by atoms with Crippen LogP contribution < -0.4 is 4.90 Å². The number of amides is 1. The molecule has 0 bridgehead atoms. The first kappa shape index (κ1) is 9.41. The predicted octanol–water partition coefficient (Wildman–Crippen LogP) is 1.81. The van der Waals surface area contributed by atoms with Crippen molar-refractivity contribution in [3.8, 4) is 6.07 Å². The Bertz CT molecular complexity index is 463. The average molecular weight is 212 g/mol. The number of rotatable bonds is 2. The Morgan fingerprint density at radius 1 is 1.38 bits per heavy atom. The fraction of sp³-hybridized carbons (Fsp3) is 0.385. The highest BCUT2D eigenvalue weighted by Gasteiger charge is 2.61. The van der Waals surface area contributed by atoms with Gasteiger partial charge in [-0.15, -0.1) is 0 Å². The number of carbonyl (C=O) groups excluding carboxylic acids is 1. The highest BCUT2D eigenvalue weighted by molar-refractivity contribution is 6.00. The van der Waals surface area contributed by atoms with E-state index in [1.54, 1.807) is 0 Å². The lowest BCUT2D eigenvalue weighted by molar-refractivity contribution is -0.119. The first-order valence-corrected chi connectivity index (χ1v) is 5.56. The zero-order chi connectivity index (χ0) is 11.1. The molecule has 2 aliphatic rings. The van der Waals surface area contributed by atoms with Gasteiger partial charge in [0.1, 0.15) is 0 Å². The van der Waals surface area contributed by atoms with Crippen molar-refractivity contribution in [2.75, 3.05) is 11.4 Å². The van der Waals surface area contributed by atoms with Gasteiger partial charge in [-0.25, -0.2) is 0 Å². The minimum atomic E-state index is 0.125. The van der Waals surface area contributed by atoms with Crippen molar-refractivity contribution in [3.05, 3.63) is 30.3 Å². The lowest BCUT2D eigenvalue weighted by atomic mass is 10.2. The standard InChI is InChI=1S/C13H12N2O/c14-7-6-10-11-8-15(13(16)12(10)11)9-4-2-1-3-5-9/h1-5,10-12H,6,8H2/t10-,11-,12+/m1/s1. The Balaban J connectivity index is 1.76. The molecule has 1 aromatic rings. The molecule has 1 saturated heterocycles. The number of nitriles is 1. The number of anilines is 1. The molecule has 2 fully saturated rings. The van der Waals surface area contributed by atoms with E-state index in [0.717, 1.165) is 12.2 Å². The highest BCUT2D eigenvalue weighted by atomic mass is 16.2. The van der Waals surface area contributed by atoms with Crippen LogP contribution in [0.1, 0.15) is 6.42 Å². The van der Waals surface area contributed by atoms with E-state index in [1.807, 2.05) is 35.2 Å². The predicted molar refractivity (Wildman–Crippen MR) is 59.5 cm³/mol. The third-order valence-electron chi connectivity index (χ3n) is 3.67. The van der Waals surface area contributed by atoms with Crippen LogP contribution in [0.15, 0.2) is 30.3 Å². The normalized spacial score (nSPS) is 31.1. The second kappa shape index (κ2) is 3.34. The molecule has 3 heteroatoms. The van der Waals surface area contributed by atoms with Crippen LogP contribution in [-0.2, 0) is 4.79 Å². The molecule has 0 unspecified atom stereocenters. The van der Waals surface area contributed by atoms with E-state index in [-0.39, 0.29) is 11.8 Å². The summed E-state index contributed by atoms with van der Waals surface area (Å²) in [7, 11) is 0. The van der Waals surface area contributed by atoms with Crippen LogP contribution in [-0.4, -0.2) is 12.5 Å². The SMILES string of the molecule is N#CC[C@@H]1[C@H]2CN(c3ccccc3)C(=O)[C@@H]12. The first-order chi connectivity index (χ1) is 7.83. The first-order valence-electron chi connectivity index (χ1n) is 5.56. The van der Waals surface area contributed by atoms with E-state index < -0.39 is 0 Å². The maximum atomic E-state index is 12.0. The molecule has 1 aliphatic carbocycles. The zero-order valence-electron chi connectivity index (χ0n) is 8.84. The summed E-state index contributed by atoms with van der Waals surface area (Å²) in [6.07, 6.45) is 0.531. The van der Waals surface area contributed by atoms with Gasteiger partial charge in [-0.1, -0.05) is 18.2 Å². The van der Waals surface area contributed by atoms with E-state index in [1.165, 1.54) is 0 Å². The Kier molecular flexibility index (Phi) is 1.97. The van der Waals surface area contributed by atoms with Gasteiger partial charge in [0.25, 0.3) is 0 Å². The number of hydrogen-bond donors (Lipinski definition) is 0. The van der Waals surface area contributed by atoms with Crippen LogP contribution in [0.5, 0.6) is 0 Å². The number of para-hydroxylation sites is 1. The second-order valence-electron chi connectivity index (χ2n) is 4.50. The van der Waals surface area contributed by atoms with Gasteiger partial charge < -0.3 is 4.90 Å². The minimum absolute atomic E-state index is 0.125. The Hall–Kier alpha value is -1.82. The molecule has 0 spiro atoms. The van der Waals surface area contributed by atoms with E-state index in [9.17, 15) is 4.79 Å². The Morgan fingerprint density at radius 3 is 2.69 bits per heavy atom. The van der Waals surface area contributed by atoms with Crippen molar-refractivity contribution in [1.29, 1.82) is 5.26 Å². The molecule has 0 aromatic heterocycles. The van der Waals surface area contributed by atoms with Crippen molar-refractivity contribution in [1.82, 2.24) is 0 Å². The molecule has 3 nitrogen and oxygen atoms in total. The average Bonchev–Trinajstić information content (AvgIpc) is 2.88. The van der Waals surface area contributed by atoms with E-state index in [4.69, 9.17) is 5.26 Å². The van der Waals surface area contributed by atoms with Gasteiger partial charge in [0.05, 0.1) is 6.07 Å². The van der Waals surface area contributed by atoms with E-state index in [2.05, 4.69) is 6.07 Å². The lowest BCUT2D eigenvalue weighted by Crippen LogP contribution is -2.29. The molecular weight excluding hydrogens is 200 g/mol. The van der Waals surface area contributed by atoms with Gasteiger partial charge in [0.2, 0.25) is 5.91 Å². The van der Waals surface area contributed by atoms with Crippen LogP contribution in [0.2, 0.25) is 0 Å². The molecule has 1 heterocycles.